The number of ether oxygens (including phenoxy) is 1. The molecule has 0 aliphatic carbocycles. The standard InChI is InChI=1S/C16H10ClNO/c17-15-13(10-18)12-8-4-5-9-14(12)19-16(15)11-6-2-1-3-7-11/h1-9,16H. The van der Waals surface area contributed by atoms with Crippen LogP contribution in [0, 0.1) is 11.3 Å². The molecule has 0 saturated heterocycles. The van der Waals surface area contributed by atoms with Gasteiger partial charge >= 0.3 is 0 Å². The third kappa shape index (κ3) is 1.99. The van der Waals surface area contributed by atoms with E-state index in [1.165, 1.54) is 0 Å². The second-order valence-electron chi connectivity index (χ2n) is 4.24. The molecule has 0 fully saturated rings. The summed E-state index contributed by atoms with van der Waals surface area (Å²) in [5.74, 6) is 0.692. The van der Waals surface area contributed by atoms with Crippen molar-refractivity contribution < 1.29 is 4.74 Å². The Kier molecular flexibility index (Phi) is 2.98. The molecule has 1 aliphatic heterocycles. The lowest BCUT2D eigenvalue weighted by Gasteiger charge is -2.26. The van der Waals surface area contributed by atoms with Crippen LogP contribution in [0.15, 0.2) is 59.6 Å². The maximum atomic E-state index is 9.33. The first-order valence-electron chi connectivity index (χ1n) is 5.92. The Morgan fingerprint density at radius 2 is 1.68 bits per heavy atom. The van der Waals surface area contributed by atoms with Crippen molar-refractivity contribution in [2.45, 2.75) is 6.10 Å². The normalized spacial score (nSPS) is 17.4. The summed E-state index contributed by atoms with van der Waals surface area (Å²) in [4.78, 5) is 0. The Hall–Kier alpha value is -2.24. The van der Waals surface area contributed by atoms with Crippen LogP contribution in [0.3, 0.4) is 0 Å². The van der Waals surface area contributed by atoms with Gasteiger partial charge in [0.2, 0.25) is 0 Å². The summed E-state index contributed by atoms with van der Waals surface area (Å²) in [6.45, 7) is 0. The van der Waals surface area contributed by atoms with Crippen molar-refractivity contribution in [1.29, 1.82) is 5.26 Å². The van der Waals surface area contributed by atoms with Crippen LogP contribution >= 0.6 is 11.6 Å². The zero-order valence-electron chi connectivity index (χ0n) is 10.0. The first-order valence-corrected chi connectivity index (χ1v) is 6.30. The van der Waals surface area contributed by atoms with Gasteiger partial charge in [0.05, 0.1) is 10.6 Å². The quantitative estimate of drug-likeness (QED) is 0.772. The summed E-state index contributed by atoms with van der Waals surface area (Å²) in [5.41, 5.74) is 2.18. The van der Waals surface area contributed by atoms with Crippen LogP contribution in [0.2, 0.25) is 0 Å². The largest absolute Gasteiger partial charge is 0.479 e. The van der Waals surface area contributed by atoms with E-state index in [4.69, 9.17) is 16.3 Å². The molecule has 0 spiro atoms. The van der Waals surface area contributed by atoms with Crippen molar-refractivity contribution in [3.8, 4) is 11.8 Å². The first kappa shape index (κ1) is 11.8. The summed E-state index contributed by atoms with van der Waals surface area (Å²) in [6, 6.07) is 19.3. The minimum Gasteiger partial charge on any atom is -0.479 e. The van der Waals surface area contributed by atoms with Crippen molar-refractivity contribution in [3.63, 3.8) is 0 Å². The number of nitriles is 1. The molecule has 0 N–H and O–H groups in total. The van der Waals surface area contributed by atoms with Crippen LogP contribution < -0.4 is 4.74 Å². The van der Waals surface area contributed by atoms with Crippen molar-refractivity contribution >= 4 is 17.2 Å². The van der Waals surface area contributed by atoms with E-state index in [0.29, 0.717) is 16.4 Å². The molecule has 92 valence electrons. The van der Waals surface area contributed by atoms with Gasteiger partial charge in [-0.1, -0.05) is 54.1 Å². The summed E-state index contributed by atoms with van der Waals surface area (Å²) in [6.07, 6.45) is -0.410. The van der Waals surface area contributed by atoms with Gasteiger partial charge in [-0.3, -0.25) is 0 Å². The average molecular weight is 268 g/mol. The van der Waals surface area contributed by atoms with E-state index in [-0.39, 0.29) is 0 Å². The van der Waals surface area contributed by atoms with Gasteiger partial charge in [0.25, 0.3) is 0 Å². The molecule has 1 atom stereocenters. The molecule has 3 rings (SSSR count). The predicted molar refractivity (Wildman–Crippen MR) is 74.6 cm³/mol. The number of allylic oxidation sites excluding steroid dienone is 1. The molecular formula is C16H10ClNO. The monoisotopic (exact) mass is 267 g/mol. The van der Waals surface area contributed by atoms with E-state index < -0.39 is 6.10 Å². The summed E-state index contributed by atoms with van der Waals surface area (Å²) < 4.78 is 5.92. The number of para-hydroxylation sites is 1. The molecular weight excluding hydrogens is 258 g/mol. The molecule has 1 unspecified atom stereocenters. The number of fused-ring (bicyclic) bond motifs is 1. The van der Waals surface area contributed by atoms with Gasteiger partial charge < -0.3 is 4.74 Å². The number of nitrogens with zero attached hydrogens (tertiary/aromatic N) is 1. The molecule has 0 amide bonds. The van der Waals surface area contributed by atoms with Gasteiger partial charge in [0.15, 0.2) is 6.10 Å². The highest BCUT2D eigenvalue weighted by atomic mass is 35.5. The number of benzene rings is 2. The number of hydrogen-bond acceptors (Lipinski definition) is 2. The van der Waals surface area contributed by atoms with Gasteiger partial charge in [-0.15, -0.1) is 0 Å². The first-order chi connectivity index (χ1) is 9.31. The molecule has 1 aliphatic rings. The molecule has 2 aromatic carbocycles. The van der Waals surface area contributed by atoms with Gasteiger partial charge in [0.1, 0.15) is 11.8 Å². The third-order valence-electron chi connectivity index (χ3n) is 3.08. The van der Waals surface area contributed by atoms with Crippen molar-refractivity contribution in [3.05, 3.63) is 70.8 Å². The maximum absolute atomic E-state index is 9.33. The number of rotatable bonds is 1. The van der Waals surface area contributed by atoms with Crippen molar-refractivity contribution in [2.24, 2.45) is 0 Å². The van der Waals surface area contributed by atoms with Crippen molar-refractivity contribution in [2.75, 3.05) is 0 Å². The highest BCUT2D eigenvalue weighted by Gasteiger charge is 2.28. The Labute approximate surface area is 116 Å². The topological polar surface area (TPSA) is 33.0 Å². The van der Waals surface area contributed by atoms with E-state index in [1.54, 1.807) is 0 Å². The van der Waals surface area contributed by atoms with Gasteiger partial charge in [0, 0.05) is 5.56 Å². The predicted octanol–water partition coefficient (Wildman–Crippen LogP) is 4.29. The van der Waals surface area contributed by atoms with E-state index in [1.807, 2.05) is 54.6 Å². The Bertz CT molecular complexity index is 685. The van der Waals surface area contributed by atoms with Gasteiger partial charge in [-0.2, -0.15) is 5.26 Å². The fraction of sp³-hybridized carbons (Fsp3) is 0.0625. The van der Waals surface area contributed by atoms with Gasteiger partial charge in [-0.25, -0.2) is 0 Å². The highest BCUT2D eigenvalue weighted by molar-refractivity contribution is 6.34. The van der Waals surface area contributed by atoms with Crippen LogP contribution in [-0.2, 0) is 0 Å². The average Bonchev–Trinajstić information content (AvgIpc) is 2.47. The van der Waals surface area contributed by atoms with Crippen LogP contribution in [0.1, 0.15) is 17.2 Å². The van der Waals surface area contributed by atoms with E-state index >= 15 is 0 Å². The third-order valence-corrected chi connectivity index (χ3v) is 3.47. The fourth-order valence-electron chi connectivity index (χ4n) is 2.17. The lowest BCUT2D eigenvalue weighted by Crippen LogP contribution is -2.14. The maximum Gasteiger partial charge on any atom is 0.161 e. The van der Waals surface area contributed by atoms with Crippen molar-refractivity contribution in [1.82, 2.24) is 0 Å². The molecule has 0 bridgehead atoms. The zero-order chi connectivity index (χ0) is 13.2. The number of hydrogen-bond donors (Lipinski definition) is 0. The Morgan fingerprint density at radius 1 is 1.00 bits per heavy atom. The van der Waals surface area contributed by atoms with Crippen LogP contribution in [-0.4, -0.2) is 0 Å². The highest BCUT2D eigenvalue weighted by Crippen LogP contribution is 2.43. The second kappa shape index (κ2) is 4.79. The van der Waals surface area contributed by atoms with Crippen LogP contribution in [0.5, 0.6) is 5.75 Å². The smallest absolute Gasteiger partial charge is 0.161 e. The summed E-state index contributed by atoms with van der Waals surface area (Å²) >= 11 is 6.34. The molecule has 0 aromatic heterocycles. The molecule has 0 radical (unpaired) electrons. The van der Waals surface area contributed by atoms with E-state index in [0.717, 1.165) is 11.1 Å². The molecule has 19 heavy (non-hydrogen) atoms. The molecule has 1 heterocycles. The summed E-state index contributed by atoms with van der Waals surface area (Å²) in [7, 11) is 0. The Morgan fingerprint density at radius 3 is 2.42 bits per heavy atom. The minimum absolute atomic E-state index is 0.410. The minimum atomic E-state index is -0.410. The molecule has 3 heteroatoms. The summed E-state index contributed by atoms with van der Waals surface area (Å²) in [5, 5.41) is 9.76. The van der Waals surface area contributed by atoms with E-state index in [2.05, 4.69) is 6.07 Å². The van der Waals surface area contributed by atoms with E-state index in [9.17, 15) is 5.26 Å². The SMILES string of the molecule is N#CC1=C(Cl)C(c2ccccc2)Oc2ccccc21. The lowest BCUT2D eigenvalue weighted by atomic mass is 9.98. The molecule has 0 saturated carbocycles. The van der Waals surface area contributed by atoms with Crippen LogP contribution in [0.25, 0.3) is 5.57 Å². The molecule has 2 nitrogen and oxygen atoms in total. The van der Waals surface area contributed by atoms with Crippen LogP contribution in [0.4, 0.5) is 0 Å². The second-order valence-corrected chi connectivity index (χ2v) is 4.65. The van der Waals surface area contributed by atoms with Gasteiger partial charge in [-0.05, 0) is 17.7 Å². The molecule has 2 aromatic rings. The lowest BCUT2D eigenvalue weighted by molar-refractivity contribution is 0.246. The number of halogens is 1. The fourth-order valence-corrected chi connectivity index (χ4v) is 2.48. The Balaban J connectivity index is 2.15. The zero-order valence-corrected chi connectivity index (χ0v) is 10.8.